The van der Waals surface area contributed by atoms with E-state index in [0.29, 0.717) is 0 Å². The Hall–Kier alpha value is -0.370. The largest absolute Gasteiger partial charge is 0.310 e. The van der Waals surface area contributed by atoms with Gasteiger partial charge in [-0.3, -0.25) is 4.99 Å². The average Bonchev–Trinajstić information content (AvgIpc) is 1.84. The van der Waals surface area contributed by atoms with Gasteiger partial charge < -0.3 is 5.32 Å². The summed E-state index contributed by atoms with van der Waals surface area (Å²) in [6, 6.07) is 0. The summed E-state index contributed by atoms with van der Waals surface area (Å²) in [5, 5.41) is 3.13. The molecule has 0 saturated heterocycles. The second-order valence-electron chi connectivity index (χ2n) is 2.60. The van der Waals surface area contributed by atoms with Gasteiger partial charge in [-0.25, -0.2) is 0 Å². The fourth-order valence-corrected chi connectivity index (χ4v) is 0.384. The molecule has 1 N–H and O–H groups in total. The van der Waals surface area contributed by atoms with Crippen LogP contribution in [0, 0.1) is 0 Å². The van der Waals surface area contributed by atoms with Gasteiger partial charge in [0.25, 0.3) is 0 Å². The van der Waals surface area contributed by atoms with E-state index in [4.69, 9.17) is 0 Å². The van der Waals surface area contributed by atoms with Gasteiger partial charge >= 0.3 is 0 Å². The van der Waals surface area contributed by atoms with Crippen LogP contribution < -0.4 is 5.32 Å². The molecule has 0 aromatic carbocycles. The molecule has 0 unspecified atom stereocenters. The smallest absolute Gasteiger partial charge is 0.0474 e. The second kappa shape index (κ2) is 3.62. The predicted molar refractivity (Wildman–Crippen MR) is 42.2 cm³/mol. The van der Waals surface area contributed by atoms with Gasteiger partial charge in [-0.05, 0) is 27.8 Å². The maximum absolute atomic E-state index is 4.13. The van der Waals surface area contributed by atoms with Crippen molar-refractivity contribution in [2.75, 3.05) is 13.6 Å². The fourth-order valence-electron chi connectivity index (χ4n) is 0.384. The molecule has 0 rings (SSSR count). The summed E-state index contributed by atoms with van der Waals surface area (Å²) in [5.74, 6) is 0. The molecule has 0 heterocycles. The molecular weight excluding hydrogens is 112 g/mol. The number of nitrogens with one attached hydrogen (secondary N) is 1. The summed E-state index contributed by atoms with van der Waals surface area (Å²) < 4.78 is 0. The lowest BCUT2D eigenvalue weighted by Crippen LogP contribution is -2.37. The lowest BCUT2D eigenvalue weighted by Gasteiger charge is -2.17. The molecule has 0 radical (unpaired) electrons. The van der Waals surface area contributed by atoms with Gasteiger partial charge in [0.05, 0.1) is 0 Å². The molecule has 0 saturated carbocycles. The van der Waals surface area contributed by atoms with E-state index in [0.717, 1.165) is 6.54 Å². The lowest BCUT2D eigenvalue weighted by molar-refractivity contribution is 0.573. The first-order chi connectivity index (χ1) is 4.12. The minimum absolute atomic E-state index is 0.0516. The van der Waals surface area contributed by atoms with Crippen LogP contribution >= 0.6 is 0 Å². The molecule has 0 fully saturated rings. The van der Waals surface area contributed by atoms with Crippen molar-refractivity contribution >= 4 is 6.21 Å². The van der Waals surface area contributed by atoms with Gasteiger partial charge in [0, 0.05) is 18.3 Å². The van der Waals surface area contributed by atoms with Gasteiger partial charge in [-0.1, -0.05) is 0 Å². The average molecular weight is 128 g/mol. The summed E-state index contributed by atoms with van der Waals surface area (Å²) in [6.45, 7) is 7.08. The number of rotatable bonds is 3. The molecule has 54 valence electrons. The Kier molecular flexibility index (Phi) is 3.47. The van der Waals surface area contributed by atoms with Crippen molar-refractivity contribution in [2.45, 2.75) is 26.3 Å². The molecule has 0 aromatic heterocycles. The third kappa shape index (κ3) is 4.15. The molecule has 2 nitrogen and oxygen atoms in total. The van der Waals surface area contributed by atoms with E-state index in [1.165, 1.54) is 0 Å². The molecule has 0 aliphatic carbocycles. The molecule has 0 atom stereocenters. The summed E-state index contributed by atoms with van der Waals surface area (Å²) in [6.07, 6.45) is 1.94. The Bertz CT molecular complexity index is 95.1. The van der Waals surface area contributed by atoms with Crippen LogP contribution in [0.2, 0.25) is 0 Å². The second-order valence-corrected chi connectivity index (χ2v) is 2.60. The molecule has 0 bridgehead atoms. The maximum atomic E-state index is 4.13. The van der Waals surface area contributed by atoms with E-state index < -0.39 is 0 Å². The van der Waals surface area contributed by atoms with Crippen LogP contribution in [0.15, 0.2) is 4.99 Å². The Morgan fingerprint density at radius 2 is 2.11 bits per heavy atom. The van der Waals surface area contributed by atoms with E-state index in [9.17, 15) is 0 Å². The van der Waals surface area contributed by atoms with Crippen molar-refractivity contribution < 1.29 is 0 Å². The molecule has 0 aromatic rings. The van der Waals surface area contributed by atoms with E-state index in [2.05, 4.69) is 24.2 Å². The van der Waals surface area contributed by atoms with Gasteiger partial charge in [-0.15, -0.1) is 0 Å². The zero-order chi connectivity index (χ0) is 7.33. The minimum atomic E-state index is 0.0516. The van der Waals surface area contributed by atoms with Crippen LogP contribution in [0.3, 0.4) is 0 Å². The molecular formula is C7H16N2. The zero-order valence-electron chi connectivity index (χ0n) is 6.73. The first-order valence-corrected chi connectivity index (χ1v) is 3.32. The first-order valence-electron chi connectivity index (χ1n) is 3.32. The molecule has 0 amide bonds. The third-order valence-electron chi connectivity index (χ3n) is 1.24. The summed E-state index contributed by atoms with van der Waals surface area (Å²) in [5.41, 5.74) is 0.0516. The van der Waals surface area contributed by atoms with Crippen molar-refractivity contribution in [3.8, 4) is 0 Å². The van der Waals surface area contributed by atoms with Gasteiger partial charge in [-0.2, -0.15) is 0 Å². The number of nitrogens with zero attached hydrogens (tertiary/aromatic N) is 1. The van der Waals surface area contributed by atoms with Gasteiger partial charge in [0.1, 0.15) is 0 Å². The summed E-state index contributed by atoms with van der Waals surface area (Å²) in [4.78, 5) is 4.13. The SMILES string of the molecule is CC/N=C\C(C)(C)NC. The minimum Gasteiger partial charge on any atom is -0.310 e. The summed E-state index contributed by atoms with van der Waals surface area (Å²) in [7, 11) is 1.93. The number of hydrogen-bond acceptors (Lipinski definition) is 2. The Morgan fingerprint density at radius 1 is 1.56 bits per heavy atom. The quantitative estimate of drug-likeness (QED) is 0.565. The summed E-state index contributed by atoms with van der Waals surface area (Å²) >= 11 is 0. The highest BCUT2D eigenvalue weighted by Gasteiger charge is 2.08. The van der Waals surface area contributed by atoms with Crippen LogP contribution in [0.5, 0.6) is 0 Å². The zero-order valence-corrected chi connectivity index (χ0v) is 6.73. The fraction of sp³-hybridized carbons (Fsp3) is 0.857. The monoisotopic (exact) mass is 128 g/mol. The van der Waals surface area contributed by atoms with Crippen molar-refractivity contribution in [1.82, 2.24) is 5.32 Å². The van der Waals surface area contributed by atoms with Gasteiger partial charge in [0.15, 0.2) is 0 Å². The Balaban J connectivity index is 3.70. The van der Waals surface area contributed by atoms with Crippen molar-refractivity contribution in [1.29, 1.82) is 0 Å². The first kappa shape index (κ1) is 8.63. The van der Waals surface area contributed by atoms with E-state index >= 15 is 0 Å². The number of aliphatic imine (C=N–C) groups is 1. The molecule has 0 aliphatic rings. The van der Waals surface area contributed by atoms with E-state index in [-0.39, 0.29) is 5.54 Å². The van der Waals surface area contributed by atoms with E-state index in [1.54, 1.807) is 0 Å². The molecule has 0 aliphatic heterocycles. The molecule has 9 heavy (non-hydrogen) atoms. The Morgan fingerprint density at radius 3 is 2.44 bits per heavy atom. The molecule has 0 spiro atoms. The number of hydrogen-bond donors (Lipinski definition) is 1. The van der Waals surface area contributed by atoms with Crippen LogP contribution in [0.25, 0.3) is 0 Å². The third-order valence-corrected chi connectivity index (χ3v) is 1.24. The Labute approximate surface area is 57.4 Å². The highest BCUT2D eigenvalue weighted by Crippen LogP contribution is 1.94. The van der Waals surface area contributed by atoms with Crippen molar-refractivity contribution in [3.63, 3.8) is 0 Å². The van der Waals surface area contributed by atoms with Crippen LogP contribution in [0.4, 0.5) is 0 Å². The predicted octanol–water partition coefficient (Wildman–Crippen LogP) is 1.08. The van der Waals surface area contributed by atoms with Crippen molar-refractivity contribution in [3.05, 3.63) is 0 Å². The highest BCUT2D eigenvalue weighted by atomic mass is 14.9. The van der Waals surface area contributed by atoms with Crippen molar-refractivity contribution in [2.24, 2.45) is 4.99 Å². The normalized spacial score (nSPS) is 12.9. The lowest BCUT2D eigenvalue weighted by atomic mass is 10.1. The standard InChI is InChI=1S/C7H16N2/c1-5-9-6-7(2,3)8-4/h6,8H,5H2,1-4H3/b9-6-. The highest BCUT2D eigenvalue weighted by molar-refractivity contribution is 5.68. The van der Waals surface area contributed by atoms with Crippen LogP contribution in [-0.4, -0.2) is 25.3 Å². The maximum Gasteiger partial charge on any atom is 0.0474 e. The topological polar surface area (TPSA) is 24.4 Å². The van der Waals surface area contributed by atoms with Crippen LogP contribution in [0.1, 0.15) is 20.8 Å². The van der Waals surface area contributed by atoms with Crippen LogP contribution in [-0.2, 0) is 0 Å². The molecule has 2 heteroatoms. The van der Waals surface area contributed by atoms with E-state index in [1.807, 2.05) is 20.2 Å². The van der Waals surface area contributed by atoms with Gasteiger partial charge in [0.2, 0.25) is 0 Å².